The lowest BCUT2D eigenvalue weighted by Crippen LogP contribution is -2.38. The summed E-state index contributed by atoms with van der Waals surface area (Å²) in [5.41, 5.74) is 4.31. The van der Waals surface area contributed by atoms with Crippen molar-refractivity contribution in [3.63, 3.8) is 0 Å². The highest BCUT2D eigenvalue weighted by molar-refractivity contribution is 7.99. The predicted octanol–water partition coefficient (Wildman–Crippen LogP) is 4.35. The number of morpholine rings is 1. The number of carbonyl (C=O) groups is 1. The largest absolute Gasteiger partial charge is 0.462 e. The van der Waals surface area contributed by atoms with Crippen molar-refractivity contribution in [3.05, 3.63) is 58.7 Å². The third kappa shape index (κ3) is 4.12. The summed E-state index contributed by atoms with van der Waals surface area (Å²) < 4.78 is 10.9. The second-order valence-electron chi connectivity index (χ2n) is 7.47. The molecule has 4 nitrogen and oxygen atoms in total. The van der Waals surface area contributed by atoms with Crippen molar-refractivity contribution in [2.24, 2.45) is 0 Å². The summed E-state index contributed by atoms with van der Waals surface area (Å²) in [4.78, 5) is 17.6. The van der Waals surface area contributed by atoms with E-state index in [1.165, 1.54) is 20.9 Å². The third-order valence-electron chi connectivity index (χ3n) is 5.49. The molecule has 1 saturated heterocycles. The van der Waals surface area contributed by atoms with Crippen LogP contribution in [-0.2, 0) is 15.9 Å². The predicted molar refractivity (Wildman–Crippen MR) is 111 cm³/mol. The average Bonchev–Trinajstić information content (AvgIpc) is 2.72. The van der Waals surface area contributed by atoms with E-state index < -0.39 is 0 Å². The van der Waals surface area contributed by atoms with Gasteiger partial charge in [-0.2, -0.15) is 0 Å². The molecule has 2 aromatic carbocycles. The second-order valence-corrected chi connectivity index (χ2v) is 8.55. The van der Waals surface area contributed by atoms with Gasteiger partial charge in [0.25, 0.3) is 0 Å². The quantitative estimate of drug-likeness (QED) is 0.599. The summed E-state index contributed by atoms with van der Waals surface area (Å²) >= 11 is 1.77. The maximum Gasteiger partial charge on any atom is 0.338 e. The van der Waals surface area contributed by atoms with Crippen LogP contribution in [0.5, 0.6) is 0 Å². The SMILES string of the molecule is CCOC(=O)c1cc([C@H](C)CN2CCOCC2)cc2c1Cc1ccccc1S2. The fourth-order valence-corrected chi connectivity index (χ4v) is 5.11. The number of hydrogen-bond acceptors (Lipinski definition) is 5. The summed E-state index contributed by atoms with van der Waals surface area (Å²) in [5, 5.41) is 0. The maximum absolute atomic E-state index is 12.7. The van der Waals surface area contributed by atoms with Crippen LogP contribution in [0, 0.1) is 0 Å². The van der Waals surface area contributed by atoms with Gasteiger partial charge in [0.1, 0.15) is 0 Å². The van der Waals surface area contributed by atoms with Gasteiger partial charge in [0.2, 0.25) is 0 Å². The molecule has 2 heterocycles. The van der Waals surface area contributed by atoms with Crippen LogP contribution in [-0.4, -0.2) is 50.3 Å². The van der Waals surface area contributed by atoms with Crippen molar-refractivity contribution in [2.75, 3.05) is 39.5 Å². The van der Waals surface area contributed by atoms with E-state index in [-0.39, 0.29) is 5.97 Å². The Morgan fingerprint density at radius 2 is 2.00 bits per heavy atom. The third-order valence-corrected chi connectivity index (χ3v) is 6.69. The number of nitrogens with zero attached hydrogens (tertiary/aromatic N) is 1. The van der Waals surface area contributed by atoms with Gasteiger partial charge in [-0.05, 0) is 47.7 Å². The van der Waals surface area contributed by atoms with Gasteiger partial charge >= 0.3 is 5.97 Å². The van der Waals surface area contributed by atoms with Gasteiger partial charge in [-0.1, -0.05) is 36.9 Å². The normalized spacial score (nSPS) is 17.5. The molecule has 4 rings (SSSR count). The number of benzene rings is 2. The number of rotatable bonds is 5. The molecule has 1 atom stereocenters. The molecule has 0 N–H and O–H groups in total. The molecule has 2 aromatic rings. The molecule has 5 heteroatoms. The fourth-order valence-electron chi connectivity index (χ4n) is 3.95. The zero-order valence-electron chi connectivity index (χ0n) is 16.6. The van der Waals surface area contributed by atoms with Crippen LogP contribution in [0.3, 0.4) is 0 Å². The molecular weight excluding hydrogens is 370 g/mol. The van der Waals surface area contributed by atoms with Crippen LogP contribution >= 0.6 is 11.8 Å². The van der Waals surface area contributed by atoms with Gasteiger partial charge in [0.05, 0.1) is 25.4 Å². The molecule has 0 aliphatic carbocycles. The minimum atomic E-state index is -0.209. The molecule has 1 fully saturated rings. The van der Waals surface area contributed by atoms with Gasteiger partial charge in [0, 0.05) is 35.8 Å². The van der Waals surface area contributed by atoms with E-state index in [0.717, 1.165) is 50.4 Å². The molecule has 2 aliphatic rings. The van der Waals surface area contributed by atoms with Gasteiger partial charge in [-0.3, -0.25) is 4.90 Å². The van der Waals surface area contributed by atoms with E-state index in [4.69, 9.17) is 9.47 Å². The van der Waals surface area contributed by atoms with Crippen molar-refractivity contribution in [1.29, 1.82) is 0 Å². The van der Waals surface area contributed by atoms with E-state index in [1.807, 2.05) is 6.92 Å². The molecule has 0 bridgehead atoms. The molecule has 2 aliphatic heterocycles. The van der Waals surface area contributed by atoms with Gasteiger partial charge in [-0.15, -0.1) is 0 Å². The van der Waals surface area contributed by atoms with Crippen LogP contribution in [0.2, 0.25) is 0 Å². The van der Waals surface area contributed by atoms with E-state index >= 15 is 0 Å². The number of hydrogen-bond donors (Lipinski definition) is 0. The van der Waals surface area contributed by atoms with Crippen molar-refractivity contribution in [2.45, 2.75) is 36.0 Å². The van der Waals surface area contributed by atoms with Crippen molar-refractivity contribution < 1.29 is 14.3 Å². The molecule has 0 unspecified atom stereocenters. The highest BCUT2D eigenvalue weighted by Gasteiger charge is 2.25. The molecule has 0 spiro atoms. The lowest BCUT2D eigenvalue weighted by molar-refractivity contribution is 0.0357. The Morgan fingerprint density at radius 1 is 1.21 bits per heavy atom. The minimum Gasteiger partial charge on any atom is -0.462 e. The van der Waals surface area contributed by atoms with E-state index in [1.54, 1.807) is 11.8 Å². The lowest BCUT2D eigenvalue weighted by Gasteiger charge is -2.30. The summed E-state index contributed by atoms with van der Waals surface area (Å²) in [6, 6.07) is 12.8. The molecule has 148 valence electrons. The molecule has 28 heavy (non-hydrogen) atoms. The molecule has 0 aromatic heterocycles. The first-order valence-electron chi connectivity index (χ1n) is 10.1. The zero-order chi connectivity index (χ0) is 19.5. The minimum absolute atomic E-state index is 0.209. The molecule has 0 radical (unpaired) electrons. The first-order chi connectivity index (χ1) is 13.7. The monoisotopic (exact) mass is 397 g/mol. The van der Waals surface area contributed by atoms with Crippen molar-refractivity contribution in [1.82, 2.24) is 4.90 Å². The van der Waals surface area contributed by atoms with Crippen LogP contribution < -0.4 is 0 Å². The Morgan fingerprint density at radius 3 is 2.79 bits per heavy atom. The van der Waals surface area contributed by atoms with E-state index in [0.29, 0.717) is 12.5 Å². The van der Waals surface area contributed by atoms with Gasteiger partial charge in [0.15, 0.2) is 0 Å². The number of ether oxygens (including phenoxy) is 2. The van der Waals surface area contributed by atoms with Crippen LogP contribution in [0.25, 0.3) is 0 Å². The van der Waals surface area contributed by atoms with Gasteiger partial charge in [-0.25, -0.2) is 4.79 Å². The first-order valence-corrected chi connectivity index (χ1v) is 10.9. The standard InChI is InChI=1S/C23H27NO3S/c1-3-27-23(25)20-13-18(16(2)15-24-8-10-26-11-9-24)14-22-19(20)12-17-6-4-5-7-21(17)28-22/h4-7,13-14,16H,3,8-12,15H2,1-2H3/t16-/m1/s1. The molecule has 0 saturated carbocycles. The Labute approximate surface area is 171 Å². The number of esters is 1. The smallest absolute Gasteiger partial charge is 0.338 e. The highest BCUT2D eigenvalue weighted by atomic mass is 32.2. The Balaban J connectivity index is 1.66. The summed E-state index contributed by atoms with van der Waals surface area (Å²) in [6.45, 7) is 9.03. The summed E-state index contributed by atoms with van der Waals surface area (Å²) in [5.74, 6) is 0.133. The number of fused-ring (bicyclic) bond motifs is 2. The second kappa shape index (κ2) is 8.68. The summed E-state index contributed by atoms with van der Waals surface area (Å²) in [6.07, 6.45) is 0.783. The molecular formula is C23H27NO3S. The Kier molecular flexibility index (Phi) is 6.04. The van der Waals surface area contributed by atoms with Gasteiger partial charge < -0.3 is 9.47 Å². The Bertz CT molecular complexity index is 861. The van der Waals surface area contributed by atoms with Crippen LogP contribution in [0.1, 0.15) is 46.8 Å². The van der Waals surface area contributed by atoms with Crippen molar-refractivity contribution in [3.8, 4) is 0 Å². The zero-order valence-corrected chi connectivity index (χ0v) is 17.4. The van der Waals surface area contributed by atoms with Crippen LogP contribution in [0.15, 0.2) is 46.2 Å². The summed E-state index contributed by atoms with van der Waals surface area (Å²) in [7, 11) is 0. The van der Waals surface area contributed by atoms with Crippen molar-refractivity contribution >= 4 is 17.7 Å². The van der Waals surface area contributed by atoms with Crippen LogP contribution in [0.4, 0.5) is 0 Å². The van der Waals surface area contributed by atoms with E-state index in [9.17, 15) is 4.79 Å². The molecule has 0 amide bonds. The number of carbonyl (C=O) groups excluding carboxylic acids is 1. The average molecular weight is 398 g/mol. The van der Waals surface area contributed by atoms with E-state index in [2.05, 4.69) is 48.2 Å². The topological polar surface area (TPSA) is 38.8 Å². The Hall–Kier alpha value is -1.82. The fraction of sp³-hybridized carbons (Fsp3) is 0.435. The highest BCUT2D eigenvalue weighted by Crippen LogP contribution is 2.42. The first kappa shape index (κ1) is 19.5. The lowest BCUT2D eigenvalue weighted by atomic mass is 9.92. The maximum atomic E-state index is 12.7.